The molecule has 72 valence electrons. The molecule has 0 aromatic carbocycles. The van der Waals surface area contributed by atoms with Gasteiger partial charge in [0.05, 0.1) is 0 Å². The van der Waals surface area contributed by atoms with Crippen LogP contribution in [0.4, 0.5) is 0 Å². The van der Waals surface area contributed by atoms with Gasteiger partial charge in [-0.25, -0.2) is 4.79 Å². The number of aliphatic carboxylic acids is 1. The van der Waals surface area contributed by atoms with Crippen molar-refractivity contribution in [2.45, 2.75) is 12.5 Å². The van der Waals surface area contributed by atoms with Gasteiger partial charge in [-0.3, -0.25) is 4.98 Å². The number of carboxylic acid groups (broad SMARTS) is 1. The van der Waals surface area contributed by atoms with E-state index in [0.717, 1.165) is 11.3 Å². The Balaban J connectivity index is 2.13. The van der Waals surface area contributed by atoms with E-state index in [2.05, 4.69) is 10.3 Å². The molecular weight excluding hydrogens is 180 g/mol. The first-order chi connectivity index (χ1) is 6.77. The average Bonchev–Trinajstić information content (AvgIpc) is 2.68. The maximum absolute atomic E-state index is 10.7. The number of rotatable bonds is 2. The number of nitrogens with one attached hydrogen (secondary N) is 1. The third-order valence-corrected chi connectivity index (χ3v) is 2.18. The molecule has 1 aliphatic heterocycles. The third-order valence-electron chi connectivity index (χ3n) is 2.18. The van der Waals surface area contributed by atoms with Crippen molar-refractivity contribution in [1.29, 1.82) is 0 Å². The summed E-state index contributed by atoms with van der Waals surface area (Å²) < 4.78 is 0. The third kappa shape index (κ3) is 1.59. The zero-order chi connectivity index (χ0) is 9.97. The smallest absolute Gasteiger partial charge is 0.326 e. The SMILES string of the molecule is O=C(O)C1CC=C(c2ccncc2)N1. The Labute approximate surface area is 81.3 Å². The minimum atomic E-state index is -0.815. The van der Waals surface area contributed by atoms with Gasteiger partial charge in [-0.15, -0.1) is 0 Å². The molecule has 0 saturated carbocycles. The largest absolute Gasteiger partial charge is 0.480 e. The van der Waals surface area contributed by atoms with E-state index < -0.39 is 12.0 Å². The van der Waals surface area contributed by atoms with Crippen molar-refractivity contribution in [1.82, 2.24) is 10.3 Å². The van der Waals surface area contributed by atoms with Crippen LogP contribution < -0.4 is 5.32 Å². The molecule has 2 heterocycles. The molecule has 1 aromatic rings. The van der Waals surface area contributed by atoms with E-state index in [4.69, 9.17) is 5.11 Å². The first-order valence-electron chi connectivity index (χ1n) is 4.37. The molecular formula is C10H10N2O2. The second kappa shape index (κ2) is 3.49. The summed E-state index contributed by atoms with van der Waals surface area (Å²) in [4.78, 5) is 14.6. The van der Waals surface area contributed by atoms with Crippen LogP contribution in [0.5, 0.6) is 0 Å². The predicted octanol–water partition coefficient (Wildman–Crippen LogP) is 0.869. The van der Waals surface area contributed by atoms with E-state index >= 15 is 0 Å². The summed E-state index contributed by atoms with van der Waals surface area (Å²) in [6.45, 7) is 0. The molecule has 1 unspecified atom stereocenters. The predicted molar refractivity (Wildman–Crippen MR) is 51.4 cm³/mol. The van der Waals surface area contributed by atoms with E-state index in [1.807, 2.05) is 18.2 Å². The number of carbonyl (C=O) groups is 1. The molecule has 2 rings (SSSR count). The van der Waals surface area contributed by atoms with Crippen LogP contribution in [0.15, 0.2) is 30.6 Å². The van der Waals surface area contributed by atoms with E-state index in [-0.39, 0.29) is 0 Å². The number of hydrogen-bond donors (Lipinski definition) is 2. The number of aromatic nitrogens is 1. The Morgan fingerprint density at radius 1 is 1.50 bits per heavy atom. The summed E-state index contributed by atoms with van der Waals surface area (Å²) in [5.41, 5.74) is 1.85. The quantitative estimate of drug-likeness (QED) is 0.726. The lowest BCUT2D eigenvalue weighted by Gasteiger charge is -2.08. The molecule has 0 saturated heterocycles. The zero-order valence-electron chi connectivity index (χ0n) is 7.47. The van der Waals surface area contributed by atoms with E-state index in [1.165, 1.54) is 0 Å². The van der Waals surface area contributed by atoms with Crippen LogP contribution >= 0.6 is 0 Å². The van der Waals surface area contributed by atoms with Gasteiger partial charge in [-0.05, 0) is 18.6 Å². The standard InChI is InChI=1S/C10H10N2O2/c13-10(14)9-2-1-8(12-9)7-3-5-11-6-4-7/h1,3-6,9,12H,2H2,(H,13,14). The first-order valence-corrected chi connectivity index (χ1v) is 4.37. The number of carboxylic acids is 1. The fourth-order valence-corrected chi connectivity index (χ4v) is 1.44. The summed E-state index contributed by atoms with van der Waals surface area (Å²) in [5, 5.41) is 11.7. The lowest BCUT2D eigenvalue weighted by atomic mass is 10.2. The number of nitrogens with zero attached hydrogens (tertiary/aromatic N) is 1. The summed E-state index contributed by atoms with van der Waals surface area (Å²) in [7, 11) is 0. The van der Waals surface area contributed by atoms with Crippen LogP contribution in [-0.4, -0.2) is 22.1 Å². The normalized spacial score (nSPS) is 20.0. The molecule has 1 aliphatic rings. The van der Waals surface area contributed by atoms with Crippen molar-refractivity contribution in [3.05, 3.63) is 36.2 Å². The van der Waals surface area contributed by atoms with Crippen molar-refractivity contribution in [2.24, 2.45) is 0 Å². The fourth-order valence-electron chi connectivity index (χ4n) is 1.44. The van der Waals surface area contributed by atoms with E-state index in [1.54, 1.807) is 12.4 Å². The van der Waals surface area contributed by atoms with Gasteiger partial charge < -0.3 is 10.4 Å². The molecule has 0 radical (unpaired) electrons. The number of hydrogen-bond acceptors (Lipinski definition) is 3. The highest BCUT2D eigenvalue weighted by Gasteiger charge is 2.22. The van der Waals surface area contributed by atoms with Crippen LogP contribution in [0.2, 0.25) is 0 Å². The summed E-state index contributed by atoms with van der Waals surface area (Å²) in [5.74, 6) is -0.815. The molecule has 14 heavy (non-hydrogen) atoms. The molecule has 0 aliphatic carbocycles. The molecule has 2 N–H and O–H groups in total. The Bertz CT molecular complexity index is 373. The van der Waals surface area contributed by atoms with Crippen LogP contribution in [0.1, 0.15) is 12.0 Å². The highest BCUT2D eigenvalue weighted by molar-refractivity contribution is 5.80. The lowest BCUT2D eigenvalue weighted by Crippen LogP contribution is -2.30. The molecule has 0 amide bonds. The van der Waals surface area contributed by atoms with Gasteiger partial charge in [0, 0.05) is 23.7 Å². The zero-order valence-corrected chi connectivity index (χ0v) is 7.47. The van der Waals surface area contributed by atoms with Gasteiger partial charge in [0.1, 0.15) is 6.04 Å². The summed E-state index contributed by atoms with van der Waals surface area (Å²) in [6.07, 6.45) is 5.80. The van der Waals surface area contributed by atoms with Crippen LogP contribution in [0.25, 0.3) is 5.70 Å². The molecule has 4 nitrogen and oxygen atoms in total. The molecule has 0 fully saturated rings. The maximum atomic E-state index is 10.7. The van der Waals surface area contributed by atoms with Gasteiger partial charge >= 0.3 is 5.97 Å². The summed E-state index contributed by atoms with van der Waals surface area (Å²) >= 11 is 0. The highest BCUT2D eigenvalue weighted by atomic mass is 16.4. The maximum Gasteiger partial charge on any atom is 0.326 e. The average molecular weight is 190 g/mol. The first kappa shape index (κ1) is 8.74. The van der Waals surface area contributed by atoms with Crippen molar-refractivity contribution in [3.8, 4) is 0 Å². The van der Waals surface area contributed by atoms with Gasteiger partial charge in [0.25, 0.3) is 0 Å². The molecule has 1 atom stereocenters. The van der Waals surface area contributed by atoms with Crippen molar-refractivity contribution < 1.29 is 9.90 Å². The molecule has 1 aromatic heterocycles. The van der Waals surface area contributed by atoms with Gasteiger partial charge in [0.15, 0.2) is 0 Å². The Morgan fingerprint density at radius 3 is 2.79 bits per heavy atom. The van der Waals surface area contributed by atoms with Gasteiger partial charge in [0.2, 0.25) is 0 Å². The van der Waals surface area contributed by atoms with Crippen LogP contribution in [-0.2, 0) is 4.79 Å². The Hall–Kier alpha value is -1.84. The van der Waals surface area contributed by atoms with Crippen molar-refractivity contribution in [2.75, 3.05) is 0 Å². The van der Waals surface area contributed by atoms with Crippen LogP contribution in [0.3, 0.4) is 0 Å². The highest BCUT2D eigenvalue weighted by Crippen LogP contribution is 2.18. The second-order valence-electron chi connectivity index (χ2n) is 3.12. The molecule has 0 bridgehead atoms. The van der Waals surface area contributed by atoms with Crippen molar-refractivity contribution in [3.63, 3.8) is 0 Å². The lowest BCUT2D eigenvalue weighted by molar-refractivity contribution is -0.138. The van der Waals surface area contributed by atoms with E-state index in [0.29, 0.717) is 6.42 Å². The Morgan fingerprint density at radius 2 is 2.21 bits per heavy atom. The monoisotopic (exact) mass is 190 g/mol. The van der Waals surface area contributed by atoms with Crippen LogP contribution in [0, 0.1) is 0 Å². The van der Waals surface area contributed by atoms with E-state index in [9.17, 15) is 4.79 Å². The fraction of sp³-hybridized carbons (Fsp3) is 0.200. The van der Waals surface area contributed by atoms with Gasteiger partial charge in [-0.2, -0.15) is 0 Å². The summed E-state index contributed by atoms with van der Waals surface area (Å²) in [6, 6.07) is 3.21. The number of pyridine rings is 1. The van der Waals surface area contributed by atoms with Gasteiger partial charge in [-0.1, -0.05) is 6.08 Å². The molecule has 4 heteroatoms. The topological polar surface area (TPSA) is 62.2 Å². The minimum Gasteiger partial charge on any atom is -0.480 e. The second-order valence-corrected chi connectivity index (χ2v) is 3.12. The Kier molecular flexibility index (Phi) is 2.18. The van der Waals surface area contributed by atoms with Crippen molar-refractivity contribution >= 4 is 11.7 Å². The minimum absolute atomic E-state index is 0.488. The molecule has 0 spiro atoms.